The van der Waals surface area contributed by atoms with Gasteiger partial charge in [-0.05, 0) is 63.8 Å². The van der Waals surface area contributed by atoms with Gasteiger partial charge in [-0.25, -0.2) is 9.59 Å². The first kappa shape index (κ1) is 18.2. The molecule has 0 aliphatic heterocycles. The van der Waals surface area contributed by atoms with Gasteiger partial charge in [0, 0.05) is 0 Å². The molecule has 0 radical (unpaired) electrons. The maximum Gasteiger partial charge on any atom is 0.338 e. The van der Waals surface area contributed by atoms with Crippen molar-refractivity contribution in [1.29, 1.82) is 0 Å². The smallest absolute Gasteiger partial charge is 0.338 e. The van der Waals surface area contributed by atoms with E-state index in [1.807, 2.05) is 38.1 Å². The van der Waals surface area contributed by atoms with Crippen molar-refractivity contribution in [2.75, 3.05) is 0 Å². The molecule has 0 aromatic heterocycles. The molecule has 4 nitrogen and oxygen atoms in total. The molecule has 0 saturated heterocycles. The van der Waals surface area contributed by atoms with E-state index in [0.717, 1.165) is 11.1 Å². The van der Waals surface area contributed by atoms with Crippen LogP contribution in [-0.4, -0.2) is 24.1 Å². The van der Waals surface area contributed by atoms with Gasteiger partial charge in [0.05, 0.1) is 11.1 Å². The van der Waals surface area contributed by atoms with Gasteiger partial charge < -0.3 is 9.47 Å². The van der Waals surface area contributed by atoms with E-state index in [1.165, 1.54) is 0 Å². The van der Waals surface area contributed by atoms with Gasteiger partial charge in [0.25, 0.3) is 0 Å². The summed E-state index contributed by atoms with van der Waals surface area (Å²) in [5, 5.41) is 0. The van der Waals surface area contributed by atoms with Gasteiger partial charge >= 0.3 is 11.9 Å². The predicted octanol–water partition coefficient (Wildman–Crippen LogP) is 4.63. The highest BCUT2D eigenvalue weighted by Gasteiger charge is 2.27. The van der Waals surface area contributed by atoms with E-state index in [-0.39, 0.29) is 24.1 Å². The zero-order valence-corrected chi connectivity index (χ0v) is 15.2. The quantitative estimate of drug-likeness (QED) is 0.753. The topological polar surface area (TPSA) is 52.6 Å². The highest BCUT2D eigenvalue weighted by Crippen LogP contribution is 2.25. The molecular formula is C22H24O4. The lowest BCUT2D eigenvalue weighted by atomic mass is 9.94. The molecule has 0 unspecified atom stereocenters. The number of hydrogen-bond donors (Lipinski definition) is 0. The summed E-state index contributed by atoms with van der Waals surface area (Å²) in [4.78, 5) is 24.4. The fraction of sp³-hybridized carbons (Fsp3) is 0.364. The summed E-state index contributed by atoms with van der Waals surface area (Å²) in [6, 6.07) is 14.7. The largest absolute Gasteiger partial charge is 0.459 e. The van der Waals surface area contributed by atoms with Crippen molar-refractivity contribution in [3.05, 3.63) is 70.8 Å². The van der Waals surface area contributed by atoms with E-state index in [4.69, 9.17) is 9.47 Å². The second-order valence-corrected chi connectivity index (χ2v) is 6.94. The Morgan fingerprint density at radius 3 is 1.27 bits per heavy atom. The van der Waals surface area contributed by atoms with E-state index in [1.54, 1.807) is 24.3 Å². The number of hydrogen-bond acceptors (Lipinski definition) is 4. The average molecular weight is 352 g/mol. The third kappa shape index (κ3) is 4.72. The van der Waals surface area contributed by atoms with Crippen LogP contribution in [0.25, 0.3) is 0 Å². The van der Waals surface area contributed by atoms with Crippen LogP contribution in [0.15, 0.2) is 48.5 Å². The van der Waals surface area contributed by atoms with Crippen molar-refractivity contribution in [3.63, 3.8) is 0 Å². The first-order chi connectivity index (χ1) is 12.5. The molecule has 3 rings (SSSR count). The Kier molecular flexibility index (Phi) is 5.71. The molecule has 2 aromatic rings. The Morgan fingerprint density at radius 2 is 0.962 bits per heavy atom. The maximum absolute atomic E-state index is 12.2. The molecule has 1 fully saturated rings. The second-order valence-electron chi connectivity index (χ2n) is 6.94. The highest BCUT2D eigenvalue weighted by atomic mass is 16.6. The maximum atomic E-state index is 12.2. The normalized spacial score (nSPS) is 19.6. The lowest BCUT2D eigenvalue weighted by Gasteiger charge is -2.28. The summed E-state index contributed by atoms with van der Waals surface area (Å²) in [5.41, 5.74) is 3.36. The SMILES string of the molecule is Cc1ccc(C(=O)OC2CCC(OC(=O)c3ccc(C)cc3)CC2)cc1. The van der Waals surface area contributed by atoms with Gasteiger partial charge in [-0.3, -0.25) is 0 Å². The number of aryl methyl sites for hydroxylation is 2. The Labute approximate surface area is 154 Å². The summed E-state index contributed by atoms with van der Waals surface area (Å²) in [5.74, 6) is -0.574. The van der Waals surface area contributed by atoms with Crippen LogP contribution in [-0.2, 0) is 9.47 Å². The molecule has 2 aromatic carbocycles. The van der Waals surface area contributed by atoms with Gasteiger partial charge in [-0.1, -0.05) is 35.4 Å². The lowest BCUT2D eigenvalue weighted by Crippen LogP contribution is -2.29. The molecule has 0 bridgehead atoms. The minimum atomic E-state index is -0.287. The van der Waals surface area contributed by atoms with Crippen LogP contribution in [0.2, 0.25) is 0 Å². The zero-order chi connectivity index (χ0) is 18.5. The van der Waals surface area contributed by atoms with Crippen molar-refractivity contribution >= 4 is 11.9 Å². The number of carbonyl (C=O) groups is 2. The fourth-order valence-electron chi connectivity index (χ4n) is 3.09. The summed E-state index contributed by atoms with van der Waals surface area (Å²) in [6.45, 7) is 3.96. The summed E-state index contributed by atoms with van der Waals surface area (Å²) in [6.07, 6.45) is 2.62. The van der Waals surface area contributed by atoms with E-state index in [0.29, 0.717) is 36.8 Å². The number of carbonyl (C=O) groups excluding carboxylic acids is 2. The number of esters is 2. The van der Waals surface area contributed by atoms with Crippen molar-refractivity contribution in [1.82, 2.24) is 0 Å². The van der Waals surface area contributed by atoms with Crippen LogP contribution in [0.4, 0.5) is 0 Å². The first-order valence-electron chi connectivity index (χ1n) is 9.06. The standard InChI is InChI=1S/C22H24O4/c1-15-3-7-17(8-4-15)21(23)25-19-11-13-20(14-12-19)26-22(24)18-9-5-16(2)6-10-18/h3-10,19-20H,11-14H2,1-2H3. The van der Waals surface area contributed by atoms with Gasteiger partial charge in [0.1, 0.15) is 12.2 Å². The van der Waals surface area contributed by atoms with Gasteiger partial charge in [0.15, 0.2) is 0 Å². The van der Waals surface area contributed by atoms with Crippen molar-refractivity contribution in [2.45, 2.75) is 51.7 Å². The van der Waals surface area contributed by atoms with Crippen molar-refractivity contribution < 1.29 is 19.1 Å². The van der Waals surface area contributed by atoms with E-state index in [2.05, 4.69) is 0 Å². The molecule has 1 saturated carbocycles. The minimum Gasteiger partial charge on any atom is -0.459 e. The Hall–Kier alpha value is -2.62. The molecule has 136 valence electrons. The third-order valence-corrected chi connectivity index (χ3v) is 4.74. The summed E-state index contributed by atoms with van der Waals surface area (Å²) < 4.78 is 11.2. The van der Waals surface area contributed by atoms with Gasteiger partial charge in [0.2, 0.25) is 0 Å². The first-order valence-corrected chi connectivity index (χ1v) is 9.06. The Bertz CT molecular complexity index is 686. The van der Waals surface area contributed by atoms with Crippen LogP contribution in [0, 0.1) is 13.8 Å². The van der Waals surface area contributed by atoms with E-state index < -0.39 is 0 Å². The van der Waals surface area contributed by atoms with Crippen LogP contribution < -0.4 is 0 Å². The van der Waals surface area contributed by atoms with Gasteiger partial charge in [-0.2, -0.15) is 0 Å². The second kappa shape index (κ2) is 8.17. The molecule has 0 N–H and O–H groups in total. The minimum absolute atomic E-state index is 0.113. The molecule has 1 aliphatic rings. The van der Waals surface area contributed by atoms with E-state index >= 15 is 0 Å². The Balaban J connectivity index is 1.46. The molecule has 4 heteroatoms. The van der Waals surface area contributed by atoms with Crippen LogP contribution in [0.5, 0.6) is 0 Å². The van der Waals surface area contributed by atoms with Gasteiger partial charge in [-0.15, -0.1) is 0 Å². The number of rotatable bonds is 4. The lowest BCUT2D eigenvalue weighted by molar-refractivity contribution is -0.0108. The highest BCUT2D eigenvalue weighted by molar-refractivity contribution is 5.90. The van der Waals surface area contributed by atoms with Crippen LogP contribution in [0.1, 0.15) is 57.5 Å². The average Bonchev–Trinajstić information content (AvgIpc) is 2.64. The molecular weight excluding hydrogens is 328 g/mol. The molecule has 0 amide bonds. The summed E-state index contributed by atoms with van der Waals surface area (Å²) >= 11 is 0. The zero-order valence-electron chi connectivity index (χ0n) is 15.2. The van der Waals surface area contributed by atoms with Crippen LogP contribution in [0.3, 0.4) is 0 Å². The van der Waals surface area contributed by atoms with E-state index in [9.17, 15) is 9.59 Å². The number of ether oxygens (including phenoxy) is 2. The Morgan fingerprint density at radius 1 is 0.654 bits per heavy atom. The third-order valence-electron chi connectivity index (χ3n) is 4.74. The van der Waals surface area contributed by atoms with Crippen molar-refractivity contribution in [3.8, 4) is 0 Å². The summed E-state index contributed by atoms with van der Waals surface area (Å²) in [7, 11) is 0. The molecule has 0 spiro atoms. The molecule has 1 aliphatic carbocycles. The number of benzene rings is 2. The monoisotopic (exact) mass is 352 g/mol. The fourth-order valence-corrected chi connectivity index (χ4v) is 3.09. The molecule has 26 heavy (non-hydrogen) atoms. The van der Waals surface area contributed by atoms with Crippen molar-refractivity contribution in [2.24, 2.45) is 0 Å². The molecule has 0 atom stereocenters. The predicted molar refractivity (Wildman–Crippen MR) is 99.2 cm³/mol. The molecule has 0 heterocycles. The van der Waals surface area contributed by atoms with Crippen LogP contribution >= 0.6 is 0 Å².